The summed E-state index contributed by atoms with van der Waals surface area (Å²) in [5, 5.41) is 8.98. The van der Waals surface area contributed by atoms with E-state index in [1.165, 1.54) is 11.0 Å². The number of hydrogen-bond acceptors (Lipinski definition) is 3. The molecule has 0 saturated carbocycles. The number of amides is 1. The van der Waals surface area contributed by atoms with Crippen molar-refractivity contribution in [3.63, 3.8) is 0 Å². The molecule has 15 heavy (non-hydrogen) atoms. The molecule has 1 rings (SSSR count). The van der Waals surface area contributed by atoms with Crippen molar-refractivity contribution < 1.29 is 14.7 Å². The zero-order chi connectivity index (χ0) is 11.4. The van der Waals surface area contributed by atoms with E-state index in [-0.39, 0.29) is 11.8 Å². The van der Waals surface area contributed by atoms with Crippen LogP contribution in [0.5, 0.6) is 0 Å². The van der Waals surface area contributed by atoms with Crippen LogP contribution in [0.25, 0.3) is 0 Å². The van der Waals surface area contributed by atoms with Crippen LogP contribution in [0.15, 0.2) is 12.7 Å². The molecule has 0 aromatic heterocycles. The third-order valence-electron chi connectivity index (χ3n) is 2.55. The van der Waals surface area contributed by atoms with E-state index in [0.717, 1.165) is 0 Å². The van der Waals surface area contributed by atoms with E-state index in [1.54, 1.807) is 0 Å². The van der Waals surface area contributed by atoms with Crippen LogP contribution >= 0.6 is 12.6 Å². The second-order valence-electron chi connectivity index (χ2n) is 3.68. The summed E-state index contributed by atoms with van der Waals surface area (Å²) in [5.41, 5.74) is 0. The highest BCUT2D eigenvalue weighted by Crippen LogP contribution is 2.22. The predicted octanol–water partition coefficient (Wildman–Crippen LogP) is 0.794. The van der Waals surface area contributed by atoms with Gasteiger partial charge in [0.2, 0.25) is 5.91 Å². The Morgan fingerprint density at radius 3 is 2.87 bits per heavy atom. The maximum absolute atomic E-state index is 11.6. The summed E-state index contributed by atoms with van der Waals surface area (Å²) >= 11 is 4.12. The van der Waals surface area contributed by atoms with E-state index < -0.39 is 12.0 Å². The maximum Gasteiger partial charge on any atom is 0.326 e. The maximum atomic E-state index is 11.6. The number of nitrogens with zero attached hydrogens (tertiary/aromatic N) is 1. The molecule has 0 bridgehead atoms. The highest BCUT2D eigenvalue weighted by Gasteiger charge is 2.36. The van der Waals surface area contributed by atoms with Crippen molar-refractivity contribution in [1.29, 1.82) is 0 Å². The second kappa shape index (κ2) is 5.21. The molecule has 5 heteroatoms. The molecule has 0 radical (unpaired) electrons. The number of hydrogen-bond donors (Lipinski definition) is 2. The predicted molar refractivity (Wildman–Crippen MR) is 59.9 cm³/mol. The molecule has 1 fully saturated rings. The molecular weight excluding hydrogens is 214 g/mol. The third kappa shape index (κ3) is 2.75. The number of carboxylic acids is 1. The average Bonchev–Trinajstić information content (AvgIpc) is 2.55. The van der Waals surface area contributed by atoms with E-state index in [2.05, 4.69) is 19.2 Å². The first kappa shape index (κ1) is 12.1. The fourth-order valence-electron chi connectivity index (χ4n) is 1.75. The standard InChI is InChI=1S/C10H15NO3S/c1-2-3-8(10(13)14)11-5-7(6-15)4-9(11)12/h2,7-8,15H,1,3-6H2,(H,13,14). The minimum absolute atomic E-state index is 0.0942. The van der Waals surface area contributed by atoms with Gasteiger partial charge in [-0.05, 0) is 18.1 Å². The Balaban J connectivity index is 2.72. The van der Waals surface area contributed by atoms with Crippen LogP contribution in [-0.4, -0.2) is 40.2 Å². The molecule has 4 nitrogen and oxygen atoms in total. The van der Waals surface area contributed by atoms with E-state index >= 15 is 0 Å². The summed E-state index contributed by atoms with van der Waals surface area (Å²) in [7, 11) is 0. The van der Waals surface area contributed by atoms with Gasteiger partial charge >= 0.3 is 5.97 Å². The Hall–Kier alpha value is -0.970. The number of thiol groups is 1. The van der Waals surface area contributed by atoms with Crippen LogP contribution in [0, 0.1) is 5.92 Å². The third-order valence-corrected chi connectivity index (χ3v) is 3.06. The number of carbonyl (C=O) groups excluding carboxylic acids is 1. The summed E-state index contributed by atoms with van der Waals surface area (Å²) in [6.45, 7) is 4.00. The van der Waals surface area contributed by atoms with Gasteiger partial charge in [0.15, 0.2) is 0 Å². The van der Waals surface area contributed by atoms with Crippen LogP contribution in [0.1, 0.15) is 12.8 Å². The number of carboxylic acid groups (broad SMARTS) is 1. The molecule has 1 amide bonds. The van der Waals surface area contributed by atoms with Crippen LogP contribution in [0.3, 0.4) is 0 Å². The zero-order valence-electron chi connectivity index (χ0n) is 8.43. The first-order valence-electron chi connectivity index (χ1n) is 4.84. The molecule has 0 aliphatic carbocycles. The fraction of sp³-hybridized carbons (Fsp3) is 0.600. The van der Waals surface area contributed by atoms with Crippen molar-refractivity contribution in [2.24, 2.45) is 5.92 Å². The Bertz CT molecular complexity index is 280. The van der Waals surface area contributed by atoms with Gasteiger partial charge in [-0.3, -0.25) is 4.79 Å². The molecule has 0 aromatic carbocycles. The van der Waals surface area contributed by atoms with E-state index in [4.69, 9.17) is 5.11 Å². The zero-order valence-corrected chi connectivity index (χ0v) is 9.32. The molecule has 0 spiro atoms. The Kier molecular flexibility index (Phi) is 4.20. The van der Waals surface area contributed by atoms with Crippen molar-refractivity contribution >= 4 is 24.5 Å². The number of aliphatic carboxylic acids is 1. The van der Waals surface area contributed by atoms with Gasteiger partial charge in [0, 0.05) is 13.0 Å². The summed E-state index contributed by atoms with van der Waals surface area (Å²) in [6.07, 6.45) is 2.23. The topological polar surface area (TPSA) is 57.6 Å². The average molecular weight is 229 g/mol. The largest absolute Gasteiger partial charge is 0.480 e. The molecule has 1 aliphatic heterocycles. The lowest BCUT2D eigenvalue weighted by Gasteiger charge is -2.23. The van der Waals surface area contributed by atoms with E-state index in [0.29, 0.717) is 25.1 Å². The van der Waals surface area contributed by atoms with Gasteiger partial charge in [-0.1, -0.05) is 6.08 Å². The Labute approximate surface area is 94.4 Å². The van der Waals surface area contributed by atoms with Gasteiger partial charge in [0.25, 0.3) is 0 Å². The first-order valence-corrected chi connectivity index (χ1v) is 5.47. The van der Waals surface area contributed by atoms with E-state index in [1.807, 2.05) is 0 Å². The minimum Gasteiger partial charge on any atom is -0.480 e. The Morgan fingerprint density at radius 1 is 1.80 bits per heavy atom. The summed E-state index contributed by atoms with van der Waals surface area (Å²) < 4.78 is 0. The minimum atomic E-state index is -0.969. The molecular formula is C10H15NO3S. The molecule has 1 N–H and O–H groups in total. The van der Waals surface area contributed by atoms with Crippen molar-refractivity contribution in [2.75, 3.05) is 12.3 Å². The first-order chi connectivity index (χ1) is 7.10. The number of likely N-dealkylation sites (tertiary alicyclic amines) is 1. The Morgan fingerprint density at radius 2 is 2.47 bits per heavy atom. The van der Waals surface area contributed by atoms with Crippen molar-refractivity contribution in [3.8, 4) is 0 Å². The van der Waals surface area contributed by atoms with E-state index in [9.17, 15) is 9.59 Å². The lowest BCUT2D eigenvalue weighted by molar-refractivity contribution is -0.148. The SMILES string of the molecule is C=CCC(C(=O)O)N1CC(CS)CC1=O. The highest BCUT2D eigenvalue weighted by molar-refractivity contribution is 7.80. The quantitative estimate of drug-likeness (QED) is 0.541. The molecule has 1 heterocycles. The molecule has 2 unspecified atom stereocenters. The van der Waals surface area contributed by atoms with Gasteiger partial charge in [-0.2, -0.15) is 12.6 Å². The normalized spacial score (nSPS) is 22.9. The lowest BCUT2D eigenvalue weighted by Crippen LogP contribution is -2.42. The smallest absolute Gasteiger partial charge is 0.326 e. The van der Waals surface area contributed by atoms with Crippen molar-refractivity contribution in [3.05, 3.63) is 12.7 Å². The summed E-state index contributed by atoms with van der Waals surface area (Å²) in [4.78, 5) is 23.9. The number of rotatable bonds is 5. The van der Waals surface area contributed by atoms with Crippen LogP contribution < -0.4 is 0 Å². The molecule has 2 atom stereocenters. The van der Waals surface area contributed by atoms with Crippen molar-refractivity contribution in [1.82, 2.24) is 4.90 Å². The highest BCUT2D eigenvalue weighted by atomic mass is 32.1. The number of carbonyl (C=O) groups is 2. The fourth-order valence-corrected chi connectivity index (χ4v) is 2.00. The summed E-state index contributed by atoms with van der Waals surface area (Å²) in [6, 6.07) is -0.764. The van der Waals surface area contributed by atoms with Gasteiger partial charge < -0.3 is 10.0 Å². The molecule has 1 saturated heterocycles. The molecule has 1 aliphatic rings. The van der Waals surface area contributed by atoms with Crippen LogP contribution in [0.2, 0.25) is 0 Å². The van der Waals surface area contributed by atoms with Gasteiger partial charge in [-0.15, -0.1) is 6.58 Å². The van der Waals surface area contributed by atoms with Gasteiger partial charge in [0.1, 0.15) is 6.04 Å². The van der Waals surface area contributed by atoms with Crippen molar-refractivity contribution in [2.45, 2.75) is 18.9 Å². The monoisotopic (exact) mass is 229 g/mol. The molecule has 0 aromatic rings. The van der Waals surface area contributed by atoms with Gasteiger partial charge in [0.05, 0.1) is 0 Å². The lowest BCUT2D eigenvalue weighted by atomic mass is 10.1. The second-order valence-corrected chi connectivity index (χ2v) is 4.04. The van der Waals surface area contributed by atoms with Gasteiger partial charge in [-0.25, -0.2) is 4.79 Å². The van der Waals surface area contributed by atoms with Crippen LogP contribution in [0.4, 0.5) is 0 Å². The molecule has 84 valence electrons. The van der Waals surface area contributed by atoms with Crippen LogP contribution in [-0.2, 0) is 9.59 Å². The summed E-state index contributed by atoms with van der Waals surface area (Å²) in [5.74, 6) is -0.276.